The minimum absolute atomic E-state index is 0.0234. The number of hydrogen-bond donors (Lipinski definition) is 1. The Hall–Kier alpha value is -2.99. The maximum atomic E-state index is 12.8. The minimum Gasteiger partial charge on any atom is -0.312 e. The van der Waals surface area contributed by atoms with Gasteiger partial charge in [0.25, 0.3) is 0 Å². The molecule has 0 radical (unpaired) electrons. The molecule has 1 aliphatic heterocycles. The van der Waals surface area contributed by atoms with Gasteiger partial charge in [0.05, 0.1) is 11.6 Å². The molecule has 1 saturated heterocycles. The van der Waals surface area contributed by atoms with Crippen LogP contribution >= 0.6 is 11.3 Å². The summed E-state index contributed by atoms with van der Waals surface area (Å²) in [7, 11) is 0. The van der Waals surface area contributed by atoms with Gasteiger partial charge in [0, 0.05) is 29.1 Å². The molecule has 2 aromatic carbocycles. The van der Waals surface area contributed by atoms with E-state index in [1.807, 2.05) is 60.7 Å². The molecule has 2 amide bonds. The van der Waals surface area contributed by atoms with E-state index in [0.29, 0.717) is 11.7 Å². The summed E-state index contributed by atoms with van der Waals surface area (Å²) in [6.45, 7) is 2.48. The summed E-state index contributed by atoms with van der Waals surface area (Å²) in [6, 6.07) is 19.4. The van der Waals surface area contributed by atoms with Crippen molar-refractivity contribution in [2.75, 3.05) is 16.8 Å². The van der Waals surface area contributed by atoms with E-state index in [-0.39, 0.29) is 24.2 Å². The zero-order chi connectivity index (χ0) is 19.5. The van der Waals surface area contributed by atoms with Crippen LogP contribution in [0.4, 0.5) is 10.8 Å². The Labute approximate surface area is 168 Å². The van der Waals surface area contributed by atoms with Crippen LogP contribution in [0.2, 0.25) is 0 Å². The van der Waals surface area contributed by atoms with Crippen molar-refractivity contribution in [3.8, 4) is 11.3 Å². The third kappa shape index (κ3) is 3.68. The SMILES string of the molecule is CCc1sc(NC(=O)[C@@H]2CC(=O)N(c3ccccc3)C2)nc1-c1ccccc1. The Bertz CT molecular complexity index is 986. The van der Waals surface area contributed by atoms with Crippen LogP contribution in [-0.4, -0.2) is 23.3 Å². The summed E-state index contributed by atoms with van der Waals surface area (Å²) < 4.78 is 0. The van der Waals surface area contributed by atoms with Gasteiger partial charge in [0.1, 0.15) is 0 Å². The molecular weight excluding hydrogens is 370 g/mol. The van der Waals surface area contributed by atoms with E-state index in [9.17, 15) is 9.59 Å². The first-order valence-corrected chi connectivity index (χ1v) is 10.2. The van der Waals surface area contributed by atoms with Crippen LogP contribution < -0.4 is 10.2 Å². The van der Waals surface area contributed by atoms with E-state index in [4.69, 9.17) is 0 Å². The van der Waals surface area contributed by atoms with Crippen LogP contribution in [-0.2, 0) is 16.0 Å². The van der Waals surface area contributed by atoms with E-state index in [0.717, 1.165) is 28.2 Å². The van der Waals surface area contributed by atoms with Crippen LogP contribution in [0.15, 0.2) is 60.7 Å². The van der Waals surface area contributed by atoms with E-state index >= 15 is 0 Å². The number of benzene rings is 2. The van der Waals surface area contributed by atoms with Crippen molar-refractivity contribution < 1.29 is 9.59 Å². The molecule has 1 aliphatic rings. The highest BCUT2D eigenvalue weighted by molar-refractivity contribution is 7.16. The Balaban J connectivity index is 1.49. The maximum absolute atomic E-state index is 12.8. The summed E-state index contributed by atoms with van der Waals surface area (Å²) in [5.74, 6) is -0.547. The van der Waals surface area contributed by atoms with Crippen molar-refractivity contribution in [2.24, 2.45) is 5.92 Å². The number of nitrogens with zero attached hydrogens (tertiary/aromatic N) is 2. The first-order valence-electron chi connectivity index (χ1n) is 9.37. The van der Waals surface area contributed by atoms with Crippen molar-refractivity contribution in [1.29, 1.82) is 0 Å². The van der Waals surface area contributed by atoms with Gasteiger partial charge < -0.3 is 10.2 Å². The molecule has 1 atom stereocenters. The summed E-state index contributed by atoms with van der Waals surface area (Å²) in [6.07, 6.45) is 1.07. The van der Waals surface area contributed by atoms with Crippen molar-refractivity contribution in [3.63, 3.8) is 0 Å². The molecule has 28 heavy (non-hydrogen) atoms. The molecule has 1 N–H and O–H groups in total. The second kappa shape index (κ2) is 7.94. The van der Waals surface area contributed by atoms with E-state index in [1.165, 1.54) is 11.3 Å². The van der Waals surface area contributed by atoms with E-state index in [2.05, 4.69) is 17.2 Å². The zero-order valence-electron chi connectivity index (χ0n) is 15.6. The Morgan fingerprint density at radius 1 is 1.14 bits per heavy atom. The number of carbonyl (C=O) groups excluding carboxylic acids is 2. The number of thiazole rings is 1. The first kappa shape index (κ1) is 18.4. The molecular formula is C22H21N3O2S. The Kier molecular flexibility index (Phi) is 5.21. The molecule has 0 bridgehead atoms. The van der Waals surface area contributed by atoms with Crippen LogP contribution in [0.25, 0.3) is 11.3 Å². The molecule has 1 aromatic heterocycles. The van der Waals surface area contributed by atoms with Crippen molar-refractivity contribution >= 4 is 34.0 Å². The van der Waals surface area contributed by atoms with Gasteiger partial charge in [-0.2, -0.15) is 0 Å². The number of rotatable bonds is 5. The Morgan fingerprint density at radius 3 is 2.50 bits per heavy atom. The number of carbonyl (C=O) groups is 2. The molecule has 4 rings (SSSR count). The van der Waals surface area contributed by atoms with Gasteiger partial charge in [0.2, 0.25) is 11.8 Å². The van der Waals surface area contributed by atoms with Gasteiger partial charge in [-0.05, 0) is 18.6 Å². The third-order valence-corrected chi connectivity index (χ3v) is 5.97. The fourth-order valence-electron chi connectivity index (χ4n) is 3.41. The maximum Gasteiger partial charge on any atom is 0.231 e. The summed E-state index contributed by atoms with van der Waals surface area (Å²) in [5.41, 5.74) is 2.79. The molecule has 0 spiro atoms. The molecule has 1 fully saturated rings. The molecule has 6 heteroatoms. The summed E-state index contributed by atoms with van der Waals surface area (Å²) >= 11 is 1.50. The van der Waals surface area contributed by atoms with Gasteiger partial charge in [-0.3, -0.25) is 9.59 Å². The number of amides is 2. The molecule has 0 unspecified atom stereocenters. The van der Waals surface area contributed by atoms with Crippen LogP contribution in [0.3, 0.4) is 0 Å². The van der Waals surface area contributed by atoms with Crippen LogP contribution in [0.1, 0.15) is 18.2 Å². The normalized spacial score (nSPS) is 16.4. The lowest BCUT2D eigenvalue weighted by Crippen LogP contribution is -2.28. The quantitative estimate of drug-likeness (QED) is 0.703. The number of hydrogen-bond acceptors (Lipinski definition) is 4. The fourth-order valence-corrected chi connectivity index (χ4v) is 4.34. The lowest BCUT2D eigenvalue weighted by atomic mass is 10.1. The number of aryl methyl sites for hydroxylation is 1. The smallest absolute Gasteiger partial charge is 0.231 e. The van der Waals surface area contributed by atoms with Crippen molar-refractivity contribution in [1.82, 2.24) is 4.98 Å². The van der Waals surface area contributed by atoms with E-state index < -0.39 is 0 Å². The minimum atomic E-state index is -0.373. The van der Waals surface area contributed by atoms with Gasteiger partial charge in [-0.25, -0.2) is 4.98 Å². The van der Waals surface area contributed by atoms with Crippen LogP contribution in [0, 0.1) is 5.92 Å². The highest BCUT2D eigenvalue weighted by atomic mass is 32.1. The zero-order valence-corrected chi connectivity index (χ0v) is 16.4. The highest BCUT2D eigenvalue weighted by Crippen LogP contribution is 2.32. The molecule has 2 heterocycles. The van der Waals surface area contributed by atoms with Crippen molar-refractivity contribution in [3.05, 3.63) is 65.5 Å². The first-order chi connectivity index (χ1) is 13.7. The number of nitrogens with one attached hydrogen (secondary N) is 1. The predicted octanol–water partition coefficient (Wildman–Crippen LogP) is 4.36. The number of aromatic nitrogens is 1. The van der Waals surface area contributed by atoms with Gasteiger partial charge in [-0.1, -0.05) is 55.5 Å². The molecule has 0 saturated carbocycles. The Morgan fingerprint density at radius 2 is 1.82 bits per heavy atom. The lowest BCUT2D eigenvalue weighted by molar-refractivity contribution is -0.122. The third-order valence-electron chi connectivity index (χ3n) is 4.86. The molecule has 5 nitrogen and oxygen atoms in total. The number of para-hydroxylation sites is 1. The van der Waals surface area contributed by atoms with Crippen molar-refractivity contribution in [2.45, 2.75) is 19.8 Å². The van der Waals surface area contributed by atoms with Gasteiger partial charge >= 0.3 is 0 Å². The monoisotopic (exact) mass is 391 g/mol. The number of anilines is 2. The highest BCUT2D eigenvalue weighted by Gasteiger charge is 2.35. The lowest BCUT2D eigenvalue weighted by Gasteiger charge is -2.16. The summed E-state index contributed by atoms with van der Waals surface area (Å²) in [4.78, 5) is 32.6. The predicted molar refractivity (Wildman–Crippen MR) is 112 cm³/mol. The fraction of sp³-hybridized carbons (Fsp3) is 0.227. The standard InChI is InChI=1S/C22H21N3O2S/c1-2-18-20(15-9-5-3-6-10-15)23-22(28-18)24-21(27)16-13-19(26)25(14-16)17-11-7-4-8-12-17/h3-12,16H,2,13-14H2,1H3,(H,23,24,27)/t16-/m1/s1. The van der Waals surface area contributed by atoms with Gasteiger partial charge in [-0.15, -0.1) is 11.3 Å². The average Bonchev–Trinajstić information content (AvgIpc) is 3.32. The van der Waals surface area contributed by atoms with Crippen LogP contribution in [0.5, 0.6) is 0 Å². The average molecular weight is 391 g/mol. The largest absolute Gasteiger partial charge is 0.312 e. The summed E-state index contributed by atoms with van der Waals surface area (Å²) in [5, 5.41) is 3.52. The molecule has 0 aliphatic carbocycles. The van der Waals surface area contributed by atoms with E-state index in [1.54, 1.807) is 4.90 Å². The second-order valence-corrected chi connectivity index (χ2v) is 7.82. The molecule has 3 aromatic rings. The second-order valence-electron chi connectivity index (χ2n) is 6.74. The molecule has 142 valence electrons. The topological polar surface area (TPSA) is 62.3 Å². The van der Waals surface area contributed by atoms with Gasteiger partial charge in [0.15, 0.2) is 5.13 Å².